The Morgan fingerprint density at radius 3 is 3.00 bits per heavy atom. The Labute approximate surface area is 100 Å². The molecule has 0 spiro atoms. The second-order valence-corrected chi connectivity index (χ2v) is 4.37. The fourth-order valence-corrected chi connectivity index (χ4v) is 2.17. The molecule has 0 unspecified atom stereocenters. The van der Waals surface area contributed by atoms with Crippen LogP contribution in [0.2, 0.25) is 0 Å². The summed E-state index contributed by atoms with van der Waals surface area (Å²) in [5.41, 5.74) is 0.990. The number of hydrogen-bond donors (Lipinski definition) is 1. The van der Waals surface area contributed by atoms with Crippen molar-refractivity contribution < 1.29 is 9.47 Å². The lowest BCUT2D eigenvalue weighted by Gasteiger charge is -2.21. The van der Waals surface area contributed by atoms with Crippen molar-refractivity contribution in [2.45, 2.75) is 25.4 Å². The smallest absolute Gasteiger partial charge is 0.130 e. The molecule has 0 atom stereocenters. The number of methoxy groups -OCH3 is 1. The Hall–Kier alpha value is -0.780. The lowest BCUT2D eigenvalue weighted by molar-refractivity contribution is 0.0833. The van der Waals surface area contributed by atoms with Gasteiger partial charge in [-0.15, -0.1) is 0 Å². The molecule has 1 fully saturated rings. The molecule has 2 rings (SSSR count). The molecule has 1 aliphatic heterocycles. The summed E-state index contributed by atoms with van der Waals surface area (Å²) >= 11 is 5.15. The maximum absolute atomic E-state index is 5.34. The second-order valence-electron chi connectivity index (χ2n) is 3.95. The first-order valence-electron chi connectivity index (χ1n) is 5.46. The van der Waals surface area contributed by atoms with E-state index in [2.05, 4.69) is 9.97 Å². The second kappa shape index (κ2) is 5.52. The standard InChI is InChI=1S/C11H16N2O2S/c1-14-7-9-6-10(16)13-11(12-9)8-2-4-15-5-3-8/h6,8H,2-5,7H2,1H3,(H,12,13,16). The molecule has 2 heterocycles. The van der Waals surface area contributed by atoms with Gasteiger partial charge >= 0.3 is 0 Å². The van der Waals surface area contributed by atoms with Crippen molar-refractivity contribution in [3.8, 4) is 0 Å². The highest BCUT2D eigenvalue weighted by Crippen LogP contribution is 2.23. The van der Waals surface area contributed by atoms with Crippen LogP contribution in [0.1, 0.15) is 30.3 Å². The van der Waals surface area contributed by atoms with Crippen LogP contribution in [-0.2, 0) is 16.1 Å². The van der Waals surface area contributed by atoms with Crippen molar-refractivity contribution in [3.05, 3.63) is 22.2 Å². The topological polar surface area (TPSA) is 47.1 Å². The molecule has 0 aliphatic carbocycles. The Bertz CT molecular complexity index is 399. The van der Waals surface area contributed by atoms with Crippen LogP contribution in [0, 0.1) is 4.64 Å². The van der Waals surface area contributed by atoms with Gasteiger partial charge in [0.1, 0.15) is 10.5 Å². The summed E-state index contributed by atoms with van der Waals surface area (Å²) in [5.74, 6) is 1.41. The molecule has 1 N–H and O–H groups in total. The van der Waals surface area contributed by atoms with Crippen molar-refractivity contribution in [1.29, 1.82) is 0 Å². The predicted molar refractivity (Wildman–Crippen MR) is 62.9 cm³/mol. The molecular weight excluding hydrogens is 224 g/mol. The molecule has 0 amide bonds. The number of nitrogens with one attached hydrogen (secondary N) is 1. The molecule has 1 aromatic heterocycles. The molecule has 16 heavy (non-hydrogen) atoms. The van der Waals surface area contributed by atoms with E-state index in [1.54, 1.807) is 7.11 Å². The van der Waals surface area contributed by atoms with Crippen molar-refractivity contribution in [2.24, 2.45) is 0 Å². The Morgan fingerprint density at radius 2 is 2.31 bits per heavy atom. The number of ether oxygens (including phenoxy) is 2. The van der Waals surface area contributed by atoms with Crippen LogP contribution in [0.4, 0.5) is 0 Å². The summed E-state index contributed by atoms with van der Waals surface area (Å²) in [7, 11) is 1.67. The molecule has 5 heteroatoms. The van der Waals surface area contributed by atoms with Gasteiger partial charge in [-0.3, -0.25) is 0 Å². The highest BCUT2D eigenvalue weighted by atomic mass is 32.1. The number of hydrogen-bond acceptors (Lipinski definition) is 4. The van der Waals surface area contributed by atoms with Crippen molar-refractivity contribution in [3.63, 3.8) is 0 Å². The molecule has 0 saturated carbocycles. The van der Waals surface area contributed by atoms with Crippen LogP contribution in [0.5, 0.6) is 0 Å². The Balaban J connectivity index is 2.21. The van der Waals surface area contributed by atoms with Gasteiger partial charge in [0.25, 0.3) is 0 Å². The lowest BCUT2D eigenvalue weighted by atomic mass is 9.99. The van der Waals surface area contributed by atoms with Gasteiger partial charge in [0.05, 0.1) is 6.61 Å². The van der Waals surface area contributed by atoms with Crippen LogP contribution in [0.25, 0.3) is 0 Å². The third-order valence-electron chi connectivity index (χ3n) is 2.72. The summed E-state index contributed by atoms with van der Waals surface area (Å²) in [6.45, 7) is 2.16. The maximum atomic E-state index is 5.34. The fraction of sp³-hybridized carbons (Fsp3) is 0.636. The van der Waals surface area contributed by atoms with Crippen molar-refractivity contribution in [1.82, 2.24) is 9.97 Å². The molecule has 1 aromatic rings. The summed E-state index contributed by atoms with van der Waals surface area (Å²) < 4.78 is 11.1. The molecule has 4 nitrogen and oxygen atoms in total. The molecular formula is C11H16N2O2S. The van der Waals surface area contributed by atoms with Crippen molar-refractivity contribution >= 4 is 12.2 Å². The number of aromatic nitrogens is 2. The zero-order valence-corrected chi connectivity index (χ0v) is 10.2. The van der Waals surface area contributed by atoms with E-state index in [1.165, 1.54) is 0 Å². The van der Waals surface area contributed by atoms with Gasteiger partial charge in [-0.25, -0.2) is 4.98 Å². The van der Waals surface area contributed by atoms with E-state index >= 15 is 0 Å². The van der Waals surface area contributed by atoms with Crippen LogP contribution in [0.15, 0.2) is 6.07 Å². The minimum absolute atomic E-state index is 0.437. The van der Waals surface area contributed by atoms with Crippen molar-refractivity contribution in [2.75, 3.05) is 20.3 Å². The van der Waals surface area contributed by atoms with Gasteiger partial charge in [0.15, 0.2) is 0 Å². The quantitative estimate of drug-likeness (QED) is 0.823. The highest BCUT2D eigenvalue weighted by molar-refractivity contribution is 7.71. The number of nitrogens with zero attached hydrogens (tertiary/aromatic N) is 1. The van der Waals surface area contributed by atoms with Crippen LogP contribution in [0.3, 0.4) is 0 Å². The van der Waals surface area contributed by atoms with Crippen LogP contribution < -0.4 is 0 Å². The first-order chi connectivity index (χ1) is 7.79. The number of H-pyrrole nitrogens is 1. The first-order valence-corrected chi connectivity index (χ1v) is 5.87. The predicted octanol–water partition coefficient (Wildman–Crippen LogP) is 2.18. The molecule has 0 radical (unpaired) electrons. The molecule has 88 valence electrons. The molecule has 0 bridgehead atoms. The maximum Gasteiger partial charge on any atom is 0.130 e. The fourth-order valence-electron chi connectivity index (χ4n) is 1.93. The van der Waals surface area contributed by atoms with Gasteiger partial charge in [0.2, 0.25) is 0 Å². The van der Waals surface area contributed by atoms with Gasteiger partial charge in [0, 0.05) is 31.9 Å². The van der Waals surface area contributed by atoms with Crippen LogP contribution >= 0.6 is 12.2 Å². The minimum Gasteiger partial charge on any atom is -0.381 e. The van der Waals surface area contributed by atoms with E-state index in [1.807, 2.05) is 6.07 Å². The normalized spacial score (nSPS) is 17.6. The zero-order chi connectivity index (χ0) is 11.4. The summed E-state index contributed by atoms with van der Waals surface area (Å²) in [6, 6.07) is 1.85. The monoisotopic (exact) mass is 240 g/mol. The number of aromatic amines is 1. The third kappa shape index (κ3) is 2.87. The summed E-state index contributed by atoms with van der Waals surface area (Å²) in [6.07, 6.45) is 2.02. The van der Waals surface area contributed by atoms with E-state index < -0.39 is 0 Å². The van der Waals surface area contributed by atoms with E-state index in [0.29, 0.717) is 17.2 Å². The van der Waals surface area contributed by atoms with Gasteiger partial charge in [-0.1, -0.05) is 12.2 Å². The largest absolute Gasteiger partial charge is 0.381 e. The Kier molecular flexibility index (Phi) is 4.04. The summed E-state index contributed by atoms with van der Waals surface area (Å²) in [5, 5.41) is 0. The average Bonchev–Trinajstić information content (AvgIpc) is 2.30. The SMILES string of the molecule is COCc1cc(=S)nc(C2CCOCC2)[nH]1. The number of rotatable bonds is 3. The zero-order valence-electron chi connectivity index (χ0n) is 9.36. The van der Waals surface area contributed by atoms with E-state index in [9.17, 15) is 0 Å². The molecule has 0 aromatic carbocycles. The highest BCUT2D eigenvalue weighted by Gasteiger charge is 2.18. The van der Waals surface area contributed by atoms with E-state index in [-0.39, 0.29) is 0 Å². The van der Waals surface area contributed by atoms with Crippen LogP contribution in [-0.4, -0.2) is 30.3 Å². The molecule has 1 aliphatic rings. The average molecular weight is 240 g/mol. The van der Waals surface area contributed by atoms with Gasteiger partial charge < -0.3 is 14.5 Å². The van der Waals surface area contributed by atoms with E-state index in [4.69, 9.17) is 21.7 Å². The first kappa shape index (κ1) is 11.7. The third-order valence-corrected chi connectivity index (χ3v) is 2.93. The summed E-state index contributed by atoms with van der Waals surface area (Å²) in [4.78, 5) is 7.69. The minimum atomic E-state index is 0.437. The lowest BCUT2D eigenvalue weighted by Crippen LogP contribution is -2.17. The van der Waals surface area contributed by atoms with Gasteiger partial charge in [-0.2, -0.15) is 0 Å². The van der Waals surface area contributed by atoms with E-state index in [0.717, 1.165) is 37.6 Å². The van der Waals surface area contributed by atoms with Gasteiger partial charge in [-0.05, 0) is 18.9 Å². The Morgan fingerprint density at radius 1 is 1.56 bits per heavy atom. The molecule has 1 saturated heterocycles.